The highest BCUT2D eigenvalue weighted by Crippen LogP contribution is 2.50. The maximum atomic E-state index is 8.60. The van der Waals surface area contributed by atoms with Crippen molar-refractivity contribution in [2.24, 2.45) is 0 Å². The zero-order chi connectivity index (χ0) is 22.2. The van der Waals surface area contributed by atoms with Gasteiger partial charge in [-0.25, -0.2) is 0 Å². The van der Waals surface area contributed by atoms with Crippen molar-refractivity contribution in [3.63, 3.8) is 0 Å². The third kappa shape index (κ3) is 1.78. The minimum absolute atomic E-state index is 0.228. The van der Waals surface area contributed by atoms with Crippen LogP contribution in [-0.4, -0.2) is 32.6 Å². The first-order valence-corrected chi connectivity index (χ1v) is 6.98. The van der Waals surface area contributed by atoms with Gasteiger partial charge in [0.15, 0.2) is 11.5 Å². The molecule has 1 heterocycles. The average Bonchev–Trinajstić information content (AvgIpc) is 2.70. The van der Waals surface area contributed by atoms with Crippen LogP contribution in [0.1, 0.15) is 33.7 Å². The molecule has 3 nitrogen and oxygen atoms in total. The Morgan fingerprint density at radius 3 is 2.95 bits per heavy atom. The number of ether oxygens (including phenoxy) is 2. The normalized spacial score (nSPS) is 29.1. The molecule has 0 amide bonds. The van der Waals surface area contributed by atoms with Crippen molar-refractivity contribution in [2.45, 2.75) is 18.8 Å². The molecule has 114 valence electrons. The number of hydrogen-bond donors (Lipinski definition) is 0. The van der Waals surface area contributed by atoms with Crippen molar-refractivity contribution >= 4 is 0 Å². The van der Waals surface area contributed by atoms with Crippen molar-refractivity contribution in [1.82, 2.24) is 4.90 Å². The molecule has 0 spiro atoms. The maximum Gasteiger partial charge on any atom is 0.168 e. The van der Waals surface area contributed by atoms with Gasteiger partial charge in [-0.2, -0.15) is 0 Å². The van der Waals surface area contributed by atoms with Gasteiger partial charge in [0.1, 0.15) is 0 Å². The molecule has 1 aliphatic heterocycles. The van der Waals surface area contributed by atoms with Gasteiger partial charge in [-0.05, 0) is 48.1 Å². The SMILES string of the molecule is [2H]CN1C2Cc3ccc(OC)c(OC)c3-c3c([2H])c([2H])c([2H])c(c32)C([2H])([2H])C1([2H])[2H]. The smallest absolute Gasteiger partial charge is 0.168 e. The minimum Gasteiger partial charge on any atom is -0.493 e. The largest absolute Gasteiger partial charge is 0.493 e. The Bertz CT molecular complexity index is 1060. The quantitative estimate of drug-likeness (QED) is 0.848. The highest BCUT2D eigenvalue weighted by Gasteiger charge is 2.34. The Morgan fingerprint density at radius 2 is 2.18 bits per heavy atom. The lowest BCUT2D eigenvalue weighted by Gasteiger charge is -2.40. The summed E-state index contributed by atoms with van der Waals surface area (Å²) in [5, 5.41) is 0. The van der Waals surface area contributed by atoms with E-state index in [-0.39, 0.29) is 29.2 Å². The van der Waals surface area contributed by atoms with Crippen LogP contribution >= 0.6 is 0 Å². The van der Waals surface area contributed by atoms with Crippen LogP contribution in [0.15, 0.2) is 30.3 Å². The van der Waals surface area contributed by atoms with Gasteiger partial charge in [-0.1, -0.05) is 24.2 Å². The lowest BCUT2D eigenvalue weighted by Crippen LogP contribution is -2.35. The molecule has 1 unspecified atom stereocenters. The van der Waals surface area contributed by atoms with E-state index in [9.17, 15) is 0 Å². The summed E-state index contributed by atoms with van der Waals surface area (Å²) in [6.07, 6.45) is -2.40. The van der Waals surface area contributed by atoms with E-state index in [4.69, 9.17) is 20.4 Å². The van der Waals surface area contributed by atoms with E-state index in [1.807, 2.05) is 0 Å². The molecule has 2 aromatic carbocycles. The van der Waals surface area contributed by atoms with Crippen LogP contribution in [0.4, 0.5) is 0 Å². The van der Waals surface area contributed by atoms with Crippen molar-refractivity contribution in [1.29, 1.82) is 0 Å². The summed E-state index contributed by atoms with van der Waals surface area (Å²) in [5.41, 5.74) is 1.51. The molecule has 2 aromatic rings. The van der Waals surface area contributed by atoms with E-state index in [1.165, 1.54) is 14.2 Å². The molecule has 0 saturated heterocycles. The molecule has 3 heteroatoms. The molecule has 0 N–H and O–H groups in total. The van der Waals surface area contributed by atoms with Crippen molar-refractivity contribution in [3.8, 4) is 22.6 Å². The third-order valence-electron chi connectivity index (χ3n) is 4.24. The fourth-order valence-corrected chi connectivity index (χ4v) is 3.24. The first-order chi connectivity index (χ1) is 14.0. The summed E-state index contributed by atoms with van der Waals surface area (Å²) in [7, 11) is 2.43. The number of fused-ring (bicyclic) bond motifs is 2. The predicted molar refractivity (Wildman–Crippen MR) is 87.8 cm³/mol. The van der Waals surface area contributed by atoms with Gasteiger partial charge in [-0.3, -0.25) is 4.90 Å². The molecule has 4 rings (SSSR count). The lowest BCUT2D eigenvalue weighted by molar-refractivity contribution is 0.228. The van der Waals surface area contributed by atoms with Gasteiger partial charge in [0.25, 0.3) is 0 Å². The molecule has 1 atom stereocenters. The predicted octanol–water partition coefficient (Wildman–Crippen LogP) is 3.46. The molecule has 0 saturated carbocycles. The molecular formula is C19H21NO2. The number of rotatable bonds is 2. The van der Waals surface area contributed by atoms with Crippen molar-refractivity contribution in [3.05, 3.63) is 47.0 Å². The second-order valence-corrected chi connectivity index (χ2v) is 5.30. The van der Waals surface area contributed by atoms with Gasteiger partial charge < -0.3 is 9.47 Å². The zero-order valence-corrected chi connectivity index (χ0v) is 12.4. The maximum absolute atomic E-state index is 8.60. The number of benzene rings is 2. The topological polar surface area (TPSA) is 21.7 Å². The second-order valence-electron chi connectivity index (χ2n) is 5.30. The summed E-state index contributed by atoms with van der Waals surface area (Å²) >= 11 is 0. The molecule has 0 bridgehead atoms. The third-order valence-corrected chi connectivity index (χ3v) is 4.24. The van der Waals surface area contributed by atoms with Crippen LogP contribution in [0.25, 0.3) is 11.1 Å². The van der Waals surface area contributed by atoms with Crippen molar-refractivity contribution < 1.29 is 20.4 Å². The van der Waals surface area contributed by atoms with Gasteiger partial charge in [-0.15, -0.1) is 0 Å². The molecule has 2 aliphatic rings. The molecule has 1 aliphatic carbocycles. The fourth-order valence-electron chi connectivity index (χ4n) is 3.24. The van der Waals surface area contributed by atoms with E-state index < -0.39 is 38.0 Å². The Morgan fingerprint density at radius 1 is 1.27 bits per heavy atom. The van der Waals surface area contributed by atoms with Crippen LogP contribution in [0, 0.1) is 0 Å². The standard InChI is InChI=1S/C19H21NO2/c1-20-10-9-12-5-4-6-14-17(12)15(20)11-13-7-8-16(21-2)19(22-3)18(13)14/h4-8,15H,9-11H2,1-3H3/i1D,4D,5D,6D,9D2,10D2. The number of nitrogens with zero attached hydrogens (tertiary/aromatic N) is 1. The van der Waals surface area contributed by atoms with Gasteiger partial charge in [0, 0.05) is 25.0 Å². The summed E-state index contributed by atoms with van der Waals surface area (Å²) in [5.74, 6) is 0.753. The van der Waals surface area contributed by atoms with Crippen molar-refractivity contribution in [2.75, 3.05) is 27.7 Å². The van der Waals surface area contributed by atoms with Gasteiger partial charge >= 0.3 is 0 Å². The van der Waals surface area contributed by atoms with E-state index in [0.717, 1.165) is 10.5 Å². The van der Waals surface area contributed by atoms with Gasteiger partial charge in [0.05, 0.1) is 18.3 Å². The summed E-state index contributed by atoms with van der Waals surface area (Å²) < 4.78 is 78.1. The van der Waals surface area contributed by atoms with E-state index in [0.29, 0.717) is 17.1 Å². The average molecular weight is 303 g/mol. The highest BCUT2D eigenvalue weighted by atomic mass is 16.5. The Balaban J connectivity index is 2.21. The molecular weight excluding hydrogens is 274 g/mol. The van der Waals surface area contributed by atoms with Crippen LogP contribution in [0.5, 0.6) is 11.5 Å². The number of methoxy groups -OCH3 is 2. The summed E-state index contributed by atoms with van der Waals surface area (Å²) in [4.78, 5) is 1.13. The van der Waals surface area contributed by atoms with E-state index in [2.05, 4.69) is 0 Å². The number of likely N-dealkylation sites (N-methyl/N-ethyl adjacent to an activating group) is 1. The Labute approximate surface area is 142 Å². The van der Waals surface area contributed by atoms with Crippen LogP contribution in [0.2, 0.25) is 0 Å². The first-order valence-electron chi connectivity index (χ1n) is 11.2. The molecule has 0 aromatic heterocycles. The fraction of sp³-hybridized carbons (Fsp3) is 0.368. The second kappa shape index (κ2) is 5.03. The van der Waals surface area contributed by atoms with Crippen LogP contribution in [-0.2, 0) is 12.8 Å². The molecule has 22 heavy (non-hydrogen) atoms. The molecule has 0 fully saturated rings. The minimum atomic E-state index is -2.65. The highest BCUT2D eigenvalue weighted by molar-refractivity contribution is 5.82. The van der Waals surface area contributed by atoms with E-state index in [1.54, 1.807) is 12.1 Å². The monoisotopic (exact) mass is 303 g/mol. The summed E-state index contributed by atoms with van der Waals surface area (Å²) in [6, 6.07) is 1.52. The number of hydrogen-bond acceptors (Lipinski definition) is 3. The Kier molecular flexibility index (Phi) is 1.72. The van der Waals surface area contributed by atoms with E-state index >= 15 is 0 Å². The Hall–Kier alpha value is -2.00. The van der Waals surface area contributed by atoms with Gasteiger partial charge in [0.2, 0.25) is 0 Å². The lowest BCUT2D eigenvalue weighted by atomic mass is 9.77. The first kappa shape index (κ1) is 7.51. The zero-order valence-electron chi connectivity index (χ0n) is 20.4. The van der Waals surface area contributed by atoms with Crippen LogP contribution < -0.4 is 9.47 Å². The summed E-state index contributed by atoms with van der Waals surface area (Å²) in [6.45, 7) is -2.57. The van der Waals surface area contributed by atoms with Crippen LogP contribution in [0.3, 0.4) is 0 Å². The molecule has 0 radical (unpaired) electrons.